The number of anilines is 1. The number of carbonyl (C=O) groups is 2. The van der Waals surface area contributed by atoms with Gasteiger partial charge in [-0.05, 0) is 43.5 Å². The molecule has 0 aromatic heterocycles. The highest BCUT2D eigenvalue weighted by Crippen LogP contribution is 2.37. The predicted molar refractivity (Wildman–Crippen MR) is 101 cm³/mol. The van der Waals surface area contributed by atoms with Crippen LogP contribution in [0.4, 0.5) is 5.69 Å². The summed E-state index contributed by atoms with van der Waals surface area (Å²) in [5, 5.41) is 6.32. The average molecular weight is 357 g/mol. The largest absolute Gasteiger partial charge is 0.383 e. The van der Waals surface area contributed by atoms with Crippen molar-refractivity contribution in [1.82, 2.24) is 5.32 Å². The molecule has 1 unspecified atom stereocenters. The normalized spacial score (nSPS) is 17.5. The fraction of sp³-hybridized carbons (Fsp3) is 0.300. The van der Waals surface area contributed by atoms with Crippen LogP contribution in [0.1, 0.15) is 38.2 Å². The van der Waals surface area contributed by atoms with E-state index in [4.69, 9.17) is 11.6 Å². The topological polar surface area (TPSA) is 58.2 Å². The molecule has 0 bridgehead atoms. The van der Waals surface area contributed by atoms with Gasteiger partial charge in [-0.1, -0.05) is 41.9 Å². The molecule has 1 aliphatic rings. The van der Waals surface area contributed by atoms with Gasteiger partial charge in [0.25, 0.3) is 0 Å². The third-order valence-electron chi connectivity index (χ3n) is 4.29. The van der Waals surface area contributed by atoms with Gasteiger partial charge in [0.15, 0.2) is 0 Å². The van der Waals surface area contributed by atoms with Crippen molar-refractivity contribution in [1.29, 1.82) is 0 Å². The van der Waals surface area contributed by atoms with E-state index in [9.17, 15) is 9.59 Å². The Morgan fingerprint density at radius 1 is 1.12 bits per heavy atom. The summed E-state index contributed by atoms with van der Waals surface area (Å²) in [5.41, 5.74) is 3.71. The van der Waals surface area contributed by atoms with Crippen molar-refractivity contribution in [2.75, 3.05) is 5.32 Å². The molecule has 1 saturated heterocycles. The van der Waals surface area contributed by atoms with E-state index >= 15 is 0 Å². The first-order valence-electron chi connectivity index (χ1n) is 8.45. The average Bonchev–Trinajstić information content (AvgIpc) is 2.56. The molecule has 0 saturated carbocycles. The highest BCUT2D eigenvalue weighted by atomic mass is 35.5. The highest BCUT2D eigenvalue weighted by Gasteiger charge is 2.30. The molecule has 2 aromatic carbocycles. The van der Waals surface area contributed by atoms with Crippen LogP contribution in [-0.4, -0.2) is 17.9 Å². The molecular weight excluding hydrogens is 336 g/mol. The number of amides is 2. The fourth-order valence-electron chi connectivity index (χ4n) is 3.11. The summed E-state index contributed by atoms with van der Waals surface area (Å²) in [4.78, 5) is 23.5. The Morgan fingerprint density at radius 3 is 2.48 bits per heavy atom. The van der Waals surface area contributed by atoms with Crippen molar-refractivity contribution in [3.8, 4) is 11.1 Å². The smallest absolute Gasteiger partial charge is 0.234 e. The van der Waals surface area contributed by atoms with Crippen LogP contribution in [-0.2, 0) is 9.59 Å². The van der Waals surface area contributed by atoms with E-state index in [-0.39, 0.29) is 17.7 Å². The Labute approximate surface area is 152 Å². The minimum Gasteiger partial charge on any atom is -0.383 e. The van der Waals surface area contributed by atoms with Gasteiger partial charge in [-0.3, -0.25) is 14.9 Å². The number of hydrogen-bond donors (Lipinski definition) is 2. The van der Waals surface area contributed by atoms with E-state index in [0.29, 0.717) is 23.9 Å². The van der Waals surface area contributed by atoms with Gasteiger partial charge in [-0.25, -0.2) is 0 Å². The lowest BCUT2D eigenvalue weighted by atomic mass is 9.88. The first-order valence-corrected chi connectivity index (χ1v) is 8.82. The molecule has 0 spiro atoms. The van der Waals surface area contributed by atoms with E-state index in [1.807, 2.05) is 42.5 Å². The van der Waals surface area contributed by atoms with Gasteiger partial charge in [-0.15, -0.1) is 0 Å². The first-order chi connectivity index (χ1) is 12.0. The minimum atomic E-state index is -0.382. The molecule has 1 heterocycles. The number of imide groups is 1. The summed E-state index contributed by atoms with van der Waals surface area (Å²) >= 11 is 6.62. The number of benzene rings is 2. The molecule has 2 N–H and O–H groups in total. The van der Waals surface area contributed by atoms with Crippen molar-refractivity contribution in [2.45, 2.75) is 38.6 Å². The Morgan fingerprint density at radius 2 is 1.84 bits per heavy atom. The Balaban J connectivity index is 1.91. The van der Waals surface area contributed by atoms with Crippen LogP contribution in [0, 0.1) is 0 Å². The van der Waals surface area contributed by atoms with Crippen LogP contribution in [0.25, 0.3) is 11.1 Å². The molecule has 25 heavy (non-hydrogen) atoms. The number of rotatable bonds is 4. The molecule has 3 rings (SSSR count). The van der Waals surface area contributed by atoms with E-state index in [2.05, 4.69) is 24.5 Å². The quantitative estimate of drug-likeness (QED) is 0.801. The Kier molecular flexibility index (Phi) is 5.09. The van der Waals surface area contributed by atoms with Crippen LogP contribution in [0.15, 0.2) is 42.5 Å². The van der Waals surface area contributed by atoms with Gasteiger partial charge >= 0.3 is 0 Å². The Hall–Kier alpha value is -2.33. The van der Waals surface area contributed by atoms with E-state index in [1.54, 1.807) is 0 Å². The zero-order valence-electron chi connectivity index (χ0n) is 14.3. The molecule has 1 atom stereocenters. The number of nitrogens with one attached hydrogen (secondary N) is 2. The molecule has 0 radical (unpaired) electrons. The van der Waals surface area contributed by atoms with Gasteiger partial charge in [-0.2, -0.15) is 0 Å². The van der Waals surface area contributed by atoms with Crippen LogP contribution >= 0.6 is 11.6 Å². The second kappa shape index (κ2) is 7.28. The van der Waals surface area contributed by atoms with Crippen LogP contribution in [0.3, 0.4) is 0 Å². The lowest BCUT2D eigenvalue weighted by molar-refractivity contribution is -0.134. The molecule has 0 aliphatic carbocycles. The molecule has 130 valence electrons. The molecule has 4 nitrogen and oxygen atoms in total. The van der Waals surface area contributed by atoms with Crippen molar-refractivity contribution < 1.29 is 9.59 Å². The second-order valence-electron chi connectivity index (χ2n) is 6.59. The van der Waals surface area contributed by atoms with Crippen LogP contribution < -0.4 is 10.6 Å². The van der Waals surface area contributed by atoms with Crippen LogP contribution in [0.5, 0.6) is 0 Å². The lowest BCUT2D eigenvalue weighted by Gasteiger charge is -2.23. The minimum absolute atomic E-state index is 0.221. The van der Waals surface area contributed by atoms with Gasteiger partial charge in [0, 0.05) is 23.7 Å². The molecule has 5 heteroatoms. The number of carbonyl (C=O) groups excluding carboxylic acids is 2. The monoisotopic (exact) mass is 356 g/mol. The van der Waals surface area contributed by atoms with E-state index in [0.717, 1.165) is 22.4 Å². The fourth-order valence-corrected chi connectivity index (χ4v) is 3.48. The Bertz CT molecular complexity index is 800. The van der Waals surface area contributed by atoms with Crippen molar-refractivity contribution in [2.24, 2.45) is 0 Å². The van der Waals surface area contributed by atoms with Gasteiger partial charge < -0.3 is 5.32 Å². The number of hydrogen-bond acceptors (Lipinski definition) is 3. The highest BCUT2D eigenvalue weighted by molar-refractivity contribution is 6.34. The second-order valence-corrected chi connectivity index (χ2v) is 6.97. The van der Waals surface area contributed by atoms with Crippen molar-refractivity contribution >= 4 is 29.1 Å². The summed E-state index contributed by atoms with van der Waals surface area (Å²) in [7, 11) is 0. The maximum atomic E-state index is 12.2. The summed E-state index contributed by atoms with van der Waals surface area (Å²) in [6.45, 7) is 4.18. The summed E-state index contributed by atoms with van der Waals surface area (Å²) in [5.74, 6) is -0.874. The molecular formula is C20H21ClN2O2. The standard InChI is InChI=1S/C20H21ClN2O2/c1-12(2)22-14-8-6-13(7-9-14)15-4-3-5-16(19(15)21)17-10-11-18(24)23-20(17)25/h3-9,12,17,22H,10-11H2,1-2H3,(H,23,24,25). The van der Waals surface area contributed by atoms with Crippen LogP contribution in [0.2, 0.25) is 5.02 Å². The molecule has 2 amide bonds. The summed E-state index contributed by atoms with van der Waals surface area (Å²) in [6, 6.07) is 14.1. The summed E-state index contributed by atoms with van der Waals surface area (Å²) < 4.78 is 0. The molecule has 2 aromatic rings. The summed E-state index contributed by atoms with van der Waals surface area (Å²) in [6.07, 6.45) is 0.831. The zero-order chi connectivity index (χ0) is 18.0. The molecule has 1 aliphatic heterocycles. The number of halogens is 1. The van der Waals surface area contributed by atoms with E-state index in [1.165, 1.54) is 0 Å². The third-order valence-corrected chi connectivity index (χ3v) is 4.72. The maximum absolute atomic E-state index is 12.2. The van der Waals surface area contributed by atoms with Gasteiger partial charge in [0.2, 0.25) is 11.8 Å². The van der Waals surface area contributed by atoms with Crippen molar-refractivity contribution in [3.63, 3.8) is 0 Å². The third kappa shape index (κ3) is 3.85. The zero-order valence-corrected chi connectivity index (χ0v) is 15.1. The molecule has 1 fully saturated rings. The van der Waals surface area contributed by atoms with Gasteiger partial charge in [0.1, 0.15) is 0 Å². The predicted octanol–water partition coefficient (Wildman–Crippen LogP) is 4.35. The van der Waals surface area contributed by atoms with Crippen molar-refractivity contribution in [3.05, 3.63) is 53.1 Å². The lowest BCUT2D eigenvalue weighted by Crippen LogP contribution is -2.39. The van der Waals surface area contributed by atoms with Gasteiger partial charge in [0.05, 0.1) is 10.9 Å². The van der Waals surface area contributed by atoms with E-state index < -0.39 is 0 Å². The first kappa shape index (κ1) is 17.5. The number of piperidine rings is 1. The maximum Gasteiger partial charge on any atom is 0.234 e. The SMILES string of the molecule is CC(C)Nc1ccc(-c2cccc(C3CCC(=O)NC3=O)c2Cl)cc1.